The van der Waals surface area contributed by atoms with Gasteiger partial charge in [-0.2, -0.15) is 5.10 Å². The Kier molecular flexibility index (Phi) is 3.26. The summed E-state index contributed by atoms with van der Waals surface area (Å²) in [5, 5.41) is 7.21. The minimum absolute atomic E-state index is 0.287. The number of hydrogen-bond donors (Lipinski definition) is 1. The van der Waals surface area contributed by atoms with Crippen molar-refractivity contribution in [3.05, 3.63) is 53.9 Å². The maximum atomic E-state index is 12.7. The minimum atomic E-state index is -0.299. The SMILES string of the molecule is CN(CCN1C(=O)c2cnc3[nH]ncc3c2C1=O)c1ccccc1. The van der Waals surface area contributed by atoms with E-state index < -0.39 is 0 Å². The minimum Gasteiger partial charge on any atom is -0.373 e. The van der Waals surface area contributed by atoms with Gasteiger partial charge in [0.25, 0.3) is 11.8 Å². The number of carbonyl (C=O) groups excluding carboxylic acids is 2. The number of anilines is 1. The van der Waals surface area contributed by atoms with Gasteiger partial charge < -0.3 is 4.90 Å². The number of H-pyrrole nitrogens is 1. The standard InChI is InChI=1S/C17H15N5O2/c1-21(11-5-3-2-4-6-11)7-8-22-16(23)13-9-18-15-12(10-19-20-15)14(13)17(22)24/h2-6,9-10H,7-8H2,1H3,(H,18,19,20). The number of rotatable bonds is 4. The zero-order chi connectivity index (χ0) is 16.7. The lowest BCUT2D eigenvalue weighted by atomic mass is 10.1. The third-order valence-corrected chi connectivity index (χ3v) is 4.27. The predicted molar refractivity (Wildman–Crippen MR) is 89.0 cm³/mol. The molecule has 120 valence electrons. The van der Waals surface area contributed by atoms with E-state index in [1.807, 2.05) is 42.3 Å². The van der Waals surface area contributed by atoms with Crippen LogP contribution in [0.25, 0.3) is 11.0 Å². The summed E-state index contributed by atoms with van der Waals surface area (Å²) in [7, 11) is 1.93. The molecule has 2 aromatic heterocycles. The fourth-order valence-electron chi connectivity index (χ4n) is 2.93. The second-order valence-electron chi connectivity index (χ2n) is 5.70. The number of para-hydroxylation sites is 1. The van der Waals surface area contributed by atoms with Gasteiger partial charge in [-0.3, -0.25) is 19.6 Å². The van der Waals surface area contributed by atoms with Gasteiger partial charge in [0, 0.05) is 32.0 Å². The fourth-order valence-corrected chi connectivity index (χ4v) is 2.93. The zero-order valence-electron chi connectivity index (χ0n) is 13.1. The number of hydrogen-bond acceptors (Lipinski definition) is 5. The molecule has 1 aliphatic heterocycles. The summed E-state index contributed by atoms with van der Waals surface area (Å²) >= 11 is 0. The Morgan fingerprint density at radius 3 is 2.71 bits per heavy atom. The van der Waals surface area contributed by atoms with E-state index in [0.717, 1.165) is 5.69 Å². The number of pyridine rings is 1. The van der Waals surface area contributed by atoms with Crippen LogP contribution in [0.2, 0.25) is 0 Å². The van der Waals surface area contributed by atoms with E-state index in [0.29, 0.717) is 35.2 Å². The fraction of sp³-hybridized carbons (Fsp3) is 0.176. The summed E-state index contributed by atoms with van der Waals surface area (Å²) in [5.74, 6) is -0.586. The quantitative estimate of drug-likeness (QED) is 0.740. The molecule has 0 atom stereocenters. The lowest BCUT2D eigenvalue weighted by Gasteiger charge is -2.22. The molecule has 2 amide bonds. The summed E-state index contributed by atoms with van der Waals surface area (Å²) in [5.41, 5.74) is 2.28. The van der Waals surface area contributed by atoms with Crippen LogP contribution in [0.1, 0.15) is 20.7 Å². The van der Waals surface area contributed by atoms with Crippen LogP contribution in [0.15, 0.2) is 42.7 Å². The molecule has 1 aromatic carbocycles. The molecule has 3 heterocycles. The molecule has 0 radical (unpaired) electrons. The third kappa shape index (κ3) is 2.13. The maximum Gasteiger partial charge on any atom is 0.263 e. The molecule has 4 rings (SSSR count). The van der Waals surface area contributed by atoms with Crippen molar-refractivity contribution in [2.45, 2.75) is 0 Å². The monoisotopic (exact) mass is 321 g/mol. The van der Waals surface area contributed by atoms with Gasteiger partial charge in [-0.15, -0.1) is 0 Å². The molecule has 0 unspecified atom stereocenters. The zero-order valence-corrected chi connectivity index (χ0v) is 13.1. The normalized spacial score (nSPS) is 13.6. The first kappa shape index (κ1) is 14.4. The van der Waals surface area contributed by atoms with Crippen LogP contribution in [0.3, 0.4) is 0 Å². The number of amides is 2. The molecular formula is C17H15N5O2. The molecule has 0 aliphatic carbocycles. The molecule has 24 heavy (non-hydrogen) atoms. The topological polar surface area (TPSA) is 82.2 Å². The molecule has 7 heteroatoms. The Labute approximate surface area is 137 Å². The molecular weight excluding hydrogens is 306 g/mol. The predicted octanol–water partition coefficient (Wildman–Crippen LogP) is 1.69. The highest BCUT2D eigenvalue weighted by molar-refractivity contribution is 6.25. The number of nitrogens with zero attached hydrogens (tertiary/aromatic N) is 4. The van der Waals surface area contributed by atoms with E-state index >= 15 is 0 Å². The number of fused-ring (bicyclic) bond motifs is 3. The van der Waals surface area contributed by atoms with Crippen molar-refractivity contribution in [2.24, 2.45) is 0 Å². The molecule has 1 N–H and O–H groups in total. The smallest absolute Gasteiger partial charge is 0.263 e. The van der Waals surface area contributed by atoms with Crippen molar-refractivity contribution in [3.63, 3.8) is 0 Å². The second-order valence-corrected chi connectivity index (χ2v) is 5.70. The van der Waals surface area contributed by atoms with Gasteiger partial charge in [-0.05, 0) is 12.1 Å². The summed E-state index contributed by atoms with van der Waals surface area (Å²) in [6, 6.07) is 9.83. The first-order chi connectivity index (χ1) is 11.7. The van der Waals surface area contributed by atoms with Gasteiger partial charge in [0.15, 0.2) is 5.65 Å². The number of benzene rings is 1. The van der Waals surface area contributed by atoms with Gasteiger partial charge in [0.2, 0.25) is 0 Å². The Bertz CT molecular complexity index is 935. The van der Waals surface area contributed by atoms with Crippen molar-refractivity contribution in [2.75, 3.05) is 25.0 Å². The Morgan fingerprint density at radius 1 is 1.12 bits per heavy atom. The highest BCUT2D eigenvalue weighted by Crippen LogP contribution is 2.27. The number of carbonyl (C=O) groups is 2. The van der Waals surface area contributed by atoms with Crippen molar-refractivity contribution >= 4 is 28.5 Å². The van der Waals surface area contributed by atoms with E-state index in [1.165, 1.54) is 17.3 Å². The number of imide groups is 1. The van der Waals surface area contributed by atoms with E-state index in [4.69, 9.17) is 0 Å². The molecule has 3 aromatic rings. The lowest BCUT2D eigenvalue weighted by Crippen LogP contribution is -2.37. The van der Waals surface area contributed by atoms with Crippen molar-refractivity contribution in [1.82, 2.24) is 20.1 Å². The Morgan fingerprint density at radius 2 is 1.92 bits per heavy atom. The first-order valence-corrected chi connectivity index (χ1v) is 7.61. The molecule has 0 bridgehead atoms. The van der Waals surface area contributed by atoms with Crippen LogP contribution in [-0.2, 0) is 0 Å². The van der Waals surface area contributed by atoms with Gasteiger partial charge in [0.05, 0.1) is 22.7 Å². The molecule has 1 aliphatic rings. The average molecular weight is 321 g/mol. The maximum absolute atomic E-state index is 12.7. The molecule has 7 nitrogen and oxygen atoms in total. The molecule has 0 saturated carbocycles. The van der Waals surface area contributed by atoms with Gasteiger partial charge in [-0.1, -0.05) is 18.2 Å². The number of nitrogens with one attached hydrogen (secondary N) is 1. The number of likely N-dealkylation sites (N-methyl/N-ethyl adjacent to an activating group) is 1. The summed E-state index contributed by atoms with van der Waals surface area (Å²) in [6.07, 6.45) is 2.98. The largest absolute Gasteiger partial charge is 0.373 e. The Hall–Kier alpha value is -3.22. The highest BCUT2D eigenvalue weighted by Gasteiger charge is 2.37. The molecule has 0 saturated heterocycles. The van der Waals surface area contributed by atoms with Crippen LogP contribution in [-0.4, -0.2) is 52.0 Å². The molecule has 0 spiro atoms. The lowest BCUT2D eigenvalue weighted by molar-refractivity contribution is 0.0659. The van der Waals surface area contributed by atoms with Gasteiger partial charge in [-0.25, -0.2) is 4.98 Å². The average Bonchev–Trinajstić information content (AvgIpc) is 3.17. The summed E-state index contributed by atoms with van der Waals surface area (Å²) in [4.78, 5) is 32.7. The van der Waals surface area contributed by atoms with E-state index in [2.05, 4.69) is 15.2 Å². The van der Waals surface area contributed by atoms with E-state index in [9.17, 15) is 9.59 Å². The van der Waals surface area contributed by atoms with Crippen LogP contribution < -0.4 is 4.90 Å². The highest BCUT2D eigenvalue weighted by atomic mass is 16.2. The van der Waals surface area contributed by atoms with Crippen LogP contribution in [0.5, 0.6) is 0 Å². The third-order valence-electron chi connectivity index (χ3n) is 4.27. The molecule has 0 fully saturated rings. The van der Waals surface area contributed by atoms with Crippen molar-refractivity contribution in [1.29, 1.82) is 0 Å². The van der Waals surface area contributed by atoms with Crippen molar-refractivity contribution in [3.8, 4) is 0 Å². The number of aromatic amines is 1. The second kappa shape index (κ2) is 5.45. The van der Waals surface area contributed by atoms with E-state index in [1.54, 1.807) is 0 Å². The van der Waals surface area contributed by atoms with Crippen LogP contribution >= 0.6 is 0 Å². The Balaban J connectivity index is 1.57. The number of aromatic nitrogens is 3. The van der Waals surface area contributed by atoms with Crippen LogP contribution in [0, 0.1) is 0 Å². The summed E-state index contributed by atoms with van der Waals surface area (Å²) in [6.45, 7) is 0.870. The van der Waals surface area contributed by atoms with Gasteiger partial charge >= 0.3 is 0 Å². The summed E-state index contributed by atoms with van der Waals surface area (Å²) < 4.78 is 0. The first-order valence-electron chi connectivity index (χ1n) is 7.61. The van der Waals surface area contributed by atoms with Crippen molar-refractivity contribution < 1.29 is 9.59 Å². The van der Waals surface area contributed by atoms with E-state index in [-0.39, 0.29) is 11.8 Å². The van der Waals surface area contributed by atoms with Gasteiger partial charge in [0.1, 0.15) is 0 Å². The van der Waals surface area contributed by atoms with Crippen LogP contribution in [0.4, 0.5) is 5.69 Å².